The maximum absolute atomic E-state index is 13.5. The molecule has 3 aromatic rings. The third-order valence-electron chi connectivity index (χ3n) is 7.87. The van der Waals surface area contributed by atoms with Crippen LogP contribution in [0.25, 0.3) is 0 Å². The van der Waals surface area contributed by atoms with E-state index in [4.69, 9.17) is 14.2 Å². The first-order valence-corrected chi connectivity index (χ1v) is 15.4. The number of H-pyrrole nitrogens is 1. The van der Waals surface area contributed by atoms with Crippen molar-refractivity contribution in [2.45, 2.75) is 90.8 Å². The Morgan fingerprint density at radius 1 is 1.09 bits per heavy atom. The molecule has 0 aliphatic carbocycles. The number of nitrogens with one attached hydrogen (secondary N) is 2. The normalized spacial score (nSPS) is 13.7. The number of carbonyl (C=O) groups excluding carboxylic acids is 1. The monoisotopic (exact) mass is 626 g/mol. The molecule has 0 bridgehead atoms. The predicted molar refractivity (Wildman–Crippen MR) is 170 cm³/mol. The Labute approximate surface area is 264 Å². The van der Waals surface area contributed by atoms with E-state index in [2.05, 4.69) is 15.3 Å². The van der Waals surface area contributed by atoms with E-state index < -0.39 is 35.1 Å². The number of hydrogen-bond acceptors (Lipinski definition) is 8. The van der Waals surface area contributed by atoms with Crippen LogP contribution in [0.3, 0.4) is 0 Å². The molecule has 246 valence electrons. The van der Waals surface area contributed by atoms with Gasteiger partial charge in [0.25, 0.3) is 5.56 Å². The minimum Gasteiger partial charge on any atom is -0.502 e. The average Bonchev–Trinajstić information content (AvgIpc) is 3.03. The summed E-state index contributed by atoms with van der Waals surface area (Å²) in [4.78, 5) is 35.4. The van der Waals surface area contributed by atoms with E-state index in [0.29, 0.717) is 39.0 Å². The third-order valence-corrected chi connectivity index (χ3v) is 7.87. The van der Waals surface area contributed by atoms with Crippen molar-refractivity contribution in [2.24, 2.45) is 0 Å². The number of halogens is 1. The highest BCUT2D eigenvalue weighted by Crippen LogP contribution is 2.29. The van der Waals surface area contributed by atoms with Gasteiger partial charge in [0.15, 0.2) is 0 Å². The maximum Gasteiger partial charge on any atom is 0.410 e. The van der Waals surface area contributed by atoms with Gasteiger partial charge in [-0.2, -0.15) is 0 Å². The van der Waals surface area contributed by atoms with Crippen molar-refractivity contribution >= 4 is 6.09 Å². The molecule has 0 aliphatic rings. The minimum atomic E-state index is -0.719. The molecule has 3 N–H and O–H groups in total. The topological polar surface area (TPSA) is 126 Å². The number of rotatable bonds is 17. The van der Waals surface area contributed by atoms with Crippen LogP contribution in [0.5, 0.6) is 5.75 Å². The summed E-state index contributed by atoms with van der Waals surface area (Å²) in [6, 6.07) is 14.6. The fourth-order valence-corrected chi connectivity index (χ4v) is 4.71. The molecule has 3 unspecified atom stereocenters. The Morgan fingerprint density at radius 3 is 2.40 bits per heavy atom. The molecule has 10 nitrogen and oxygen atoms in total. The fraction of sp³-hybridized carbons (Fsp3) is 0.500. The van der Waals surface area contributed by atoms with Gasteiger partial charge in [0.2, 0.25) is 5.75 Å². The molecule has 2 aromatic carbocycles. The highest BCUT2D eigenvalue weighted by atomic mass is 19.1. The Balaban J connectivity index is 1.86. The summed E-state index contributed by atoms with van der Waals surface area (Å²) in [5.74, 6) is -0.633. The first-order chi connectivity index (χ1) is 21.5. The molecule has 1 amide bonds. The van der Waals surface area contributed by atoms with E-state index in [9.17, 15) is 19.1 Å². The highest BCUT2D eigenvalue weighted by Gasteiger charge is 2.32. The molecule has 1 heterocycles. The van der Waals surface area contributed by atoms with Gasteiger partial charge in [-0.05, 0) is 70.2 Å². The number of nitrogens with zero attached hydrogens (tertiary/aromatic N) is 2. The van der Waals surface area contributed by atoms with Crippen LogP contribution in [0, 0.1) is 5.82 Å². The second-order valence-corrected chi connectivity index (χ2v) is 11.6. The van der Waals surface area contributed by atoms with Crippen LogP contribution in [0.4, 0.5) is 9.18 Å². The van der Waals surface area contributed by atoms with Gasteiger partial charge in [-0.3, -0.25) is 9.69 Å². The minimum absolute atomic E-state index is 0.133. The summed E-state index contributed by atoms with van der Waals surface area (Å²) >= 11 is 0. The fourth-order valence-electron chi connectivity index (χ4n) is 4.71. The van der Waals surface area contributed by atoms with Gasteiger partial charge in [0.05, 0.1) is 31.4 Å². The Hall–Kier alpha value is -3.80. The molecule has 0 radical (unpaired) electrons. The number of carbonyl (C=O) groups is 1. The summed E-state index contributed by atoms with van der Waals surface area (Å²) in [5, 5.41) is 13.9. The molecule has 3 rings (SSSR count). The lowest BCUT2D eigenvalue weighted by atomic mass is 10.0. The van der Waals surface area contributed by atoms with Crippen LogP contribution in [0.2, 0.25) is 0 Å². The van der Waals surface area contributed by atoms with Gasteiger partial charge in [-0.25, -0.2) is 14.2 Å². The van der Waals surface area contributed by atoms with E-state index in [1.54, 1.807) is 26.2 Å². The van der Waals surface area contributed by atoms with Crippen molar-refractivity contribution in [1.29, 1.82) is 0 Å². The van der Waals surface area contributed by atoms with E-state index in [0.717, 1.165) is 11.1 Å². The number of amides is 1. The second-order valence-electron chi connectivity index (χ2n) is 11.6. The molecule has 1 aromatic heterocycles. The van der Waals surface area contributed by atoms with Crippen LogP contribution < -0.4 is 10.9 Å². The maximum atomic E-state index is 13.5. The standard InChI is InChI=1S/C34H47FN4O6/c1-7-34(4,5)45-33(42)39(8-2)28(19-18-27(43-6)22-44-21-25-12-10-9-11-13-25)31-37-29(30(40)32(41)38-31)23(3)36-20-24-14-16-26(35)17-15-24/h9-17,23,27-28,36,40H,7-8,18-22H2,1-6H3,(H,37,38,41). The van der Waals surface area contributed by atoms with Crippen molar-refractivity contribution in [1.82, 2.24) is 20.2 Å². The summed E-state index contributed by atoms with van der Waals surface area (Å²) < 4.78 is 30.8. The van der Waals surface area contributed by atoms with E-state index in [-0.39, 0.29) is 30.0 Å². The van der Waals surface area contributed by atoms with Gasteiger partial charge < -0.3 is 29.6 Å². The van der Waals surface area contributed by atoms with Crippen LogP contribution in [-0.4, -0.2) is 58.0 Å². The predicted octanol–water partition coefficient (Wildman–Crippen LogP) is 6.17. The number of methoxy groups -OCH3 is 1. The molecule has 0 saturated carbocycles. The SMILES string of the molecule is CCN(C(=O)OC(C)(C)CC)C(CCC(COCc1ccccc1)OC)c1nc(C(C)NCc2ccc(F)cc2)c(O)c(=O)[nH]1. The number of benzene rings is 2. The Bertz CT molecular complexity index is 1400. The lowest BCUT2D eigenvalue weighted by Crippen LogP contribution is -2.41. The number of ether oxygens (including phenoxy) is 3. The summed E-state index contributed by atoms with van der Waals surface area (Å²) in [5.41, 5.74) is 0.583. The second kappa shape index (κ2) is 17.0. The Morgan fingerprint density at radius 2 is 1.78 bits per heavy atom. The average molecular weight is 627 g/mol. The molecule has 3 atom stereocenters. The summed E-state index contributed by atoms with van der Waals surface area (Å²) in [6.07, 6.45) is 0.630. The van der Waals surface area contributed by atoms with Gasteiger partial charge in [-0.1, -0.05) is 49.4 Å². The van der Waals surface area contributed by atoms with Gasteiger partial charge in [0, 0.05) is 20.2 Å². The molecular formula is C34H47FN4O6. The molecule has 0 aliphatic heterocycles. The lowest BCUT2D eigenvalue weighted by molar-refractivity contribution is -0.0132. The van der Waals surface area contributed by atoms with Crippen LogP contribution in [0.15, 0.2) is 59.4 Å². The molecule has 0 spiro atoms. The van der Waals surface area contributed by atoms with E-state index in [1.165, 1.54) is 17.0 Å². The number of hydrogen-bond donors (Lipinski definition) is 3. The van der Waals surface area contributed by atoms with Crippen molar-refractivity contribution in [3.63, 3.8) is 0 Å². The first-order valence-electron chi connectivity index (χ1n) is 15.4. The quantitative estimate of drug-likeness (QED) is 0.163. The van der Waals surface area contributed by atoms with Crippen molar-refractivity contribution < 1.29 is 28.5 Å². The van der Waals surface area contributed by atoms with E-state index >= 15 is 0 Å². The third kappa shape index (κ3) is 10.7. The number of aromatic hydroxyl groups is 1. The van der Waals surface area contributed by atoms with Crippen LogP contribution in [-0.2, 0) is 27.4 Å². The summed E-state index contributed by atoms with van der Waals surface area (Å²) in [6.45, 7) is 10.6. The molecule has 0 saturated heterocycles. The zero-order valence-corrected chi connectivity index (χ0v) is 27.1. The largest absolute Gasteiger partial charge is 0.502 e. The number of aromatic amines is 1. The van der Waals surface area contributed by atoms with Gasteiger partial charge >= 0.3 is 6.09 Å². The number of aromatic nitrogens is 2. The van der Waals surface area contributed by atoms with E-state index in [1.807, 2.05) is 58.0 Å². The smallest absolute Gasteiger partial charge is 0.410 e. The van der Waals surface area contributed by atoms with Crippen LogP contribution in [0.1, 0.15) is 88.6 Å². The summed E-state index contributed by atoms with van der Waals surface area (Å²) in [7, 11) is 1.61. The van der Waals surface area contributed by atoms with Gasteiger partial charge in [-0.15, -0.1) is 0 Å². The molecular weight excluding hydrogens is 579 g/mol. The highest BCUT2D eigenvalue weighted by molar-refractivity contribution is 5.68. The zero-order valence-electron chi connectivity index (χ0n) is 27.1. The molecule has 45 heavy (non-hydrogen) atoms. The van der Waals surface area contributed by atoms with Crippen molar-refractivity contribution in [3.8, 4) is 5.75 Å². The Kier molecular flexibility index (Phi) is 13.5. The molecule has 11 heteroatoms. The first kappa shape index (κ1) is 35.7. The lowest BCUT2D eigenvalue weighted by Gasteiger charge is -2.34. The van der Waals surface area contributed by atoms with Crippen molar-refractivity contribution in [3.05, 3.63) is 93.4 Å². The van der Waals surface area contributed by atoms with Crippen LogP contribution >= 0.6 is 0 Å². The van der Waals surface area contributed by atoms with Crippen molar-refractivity contribution in [2.75, 3.05) is 20.3 Å². The van der Waals surface area contributed by atoms with Gasteiger partial charge in [0.1, 0.15) is 22.9 Å². The zero-order chi connectivity index (χ0) is 33.0. The molecule has 0 fully saturated rings.